The molecule has 0 bridgehead atoms. The maximum absolute atomic E-state index is 12.7. The lowest BCUT2D eigenvalue weighted by atomic mass is 10.1. The molecule has 1 atom stereocenters. The van der Waals surface area contributed by atoms with Gasteiger partial charge in [-0.1, -0.05) is 15.9 Å². The number of rotatable bonds is 4. The molecule has 4 rings (SSSR count). The number of anilines is 2. The van der Waals surface area contributed by atoms with Gasteiger partial charge >= 0.3 is 5.97 Å². The highest BCUT2D eigenvalue weighted by molar-refractivity contribution is 9.10. The summed E-state index contributed by atoms with van der Waals surface area (Å²) in [5.41, 5.74) is 1.72. The molecule has 7 nitrogen and oxygen atoms in total. The van der Waals surface area contributed by atoms with E-state index < -0.39 is 11.9 Å². The fourth-order valence-corrected chi connectivity index (χ4v) is 4.54. The molecular weight excluding hydrogens is 458 g/mol. The van der Waals surface area contributed by atoms with Crippen LogP contribution in [0.2, 0.25) is 0 Å². The van der Waals surface area contributed by atoms with Crippen molar-refractivity contribution in [3.8, 4) is 0 Å². The molecule has 0 aliphatic carbocycles. The highest BCUT2D eigenvalue weighted by Gasteiger charge is 2.35. The molecule has 148 valence electrons. The minimum Gasteiger partial charge on any atom is -0.478 e. The number of benzene rings is 2. The summed E-state index contributed by atoms with van der Waals surface area (Å²) < 4.78 is 1.64. The largest absolute Gasteiger partial charge is 0.478 e. The van der Waals surface area contributed by atoms with Crippen LogP contribution in [0.5, 0.6) is 0 Å². The van der Waals surface area contributed by atoms with Crippen LogP contribution in [0, 0.1) is 12.8 Å². The quantitative estimate of drug-likeness (QED) is 0.594. The summed E-state index contributed by atoms with van der Waals surface area (Å²) in [6.45, 7) is 2.16. The molecule has 0 saturated carbocycles. The first-order valence-electron chi connectivity index (χ1n) is 8.83. The van der Waals surface area contributed by atoms with Crippen molar-refractivity contribution in [3.63, 3.8) is 0 Å². The zero-order valence-electron chi connectivity index (χ0n) is 15.3. The van der Waals surface area contributed by atoms with E-state index in [1.165, 1.54) is 12.1 Å². The fourth-order valence-electron chi connectivity index (χ4n) is 3.37. The summed E-state index contributed by atoms with van der Waals surface area (Å²) in [6.07, 6.45) is 0.0683. The molecule has 1 saturated heterocycles. The van der Waals surface area contributed by atoms with Gasteiger partial charge in [-0.3, -0.25) is 9.59 Å². The van der Waals surface area contributed by atoms with Crippen LogP contribution in [-0.2, 0) is 9.59 Å². The summed E-state index contributed by atoms with van der Waals surface area (Å²) in [5, 5.41) is 13.0. The highest BCUT2D eigenvalue weighted by atomic mass is 79.9. The number of nitrogens with zero attached hydrogens (tertiary/aromatic N) is 2. The number of aromatic carboxylic acids is 1. The fraction of sp³-hybridized carbons (Fsp3) is 0.200. The first-order chi connectivity index (χ1) is 13.8. The van der Waals surface area contributed by atoms with Gasteiger partial charge in [0.15, 0.2) is 0 Å². The van der Waals surface area contributed by atoms with Crippen molar-refractivity contribution in [1.29, 1.82) is 0 Å². The average molecular weight is 474 g/mol. The smallest absolute Gasteiger partial charge is 0.337 e. The molecule has 1 unspecified atom stereocenters. The Morgan fingerprint density at radius 1 is 1.28 bits per heavy atom. The molecule has 2 aromatic carbocycles. The van der Waals surface area contributed by atoms with Crippen molar-refractivity contribution in [2.75, 3.05) is 16.8 Å². The van der Waals surface area contributed by atoms with E-state index in [4.69, 9.17) is 0 Å². The van der Waals surface area contributed by atoms with Gasteiger partial charge in [-0.05, 0) is 43.3 Å². The Hall–Kier alpha value is -2.78. The Kier molecular flexibility index (Phi) is 5.10. The van der Waals surface area contributed by atoms with Gasteiger partial charge in [0.05, 0.1) is 32.4 Å². The van der Waals surface area contributed by atoms with Crippen LogP contribution < -0.4 is 10.2 Å². The minimum atomic E-state index is -1.14. The topological polar surface area (TPSA) is 99.6 Å². The maximum atomic E-state index is 12.7. The standard InChI is InChI=1S/C20H16BrN3O4S/c1-10-22-16-8-13(3-5-17(16)29-10)24-9-11(6-18(24)25)19(26)23-15-4-2-12(21)7-14(15)20(27)28/h2-5,7-8,11H,6,9H2,1H3,(H,23,26)(H,27,28). The Morgan fingerprint density at radius 3 is 2.83 bits per heavy atom. The van der Waals surface area contributed by atoms with Gasteiger partial charge in [-0.25, -0.2) is 9.78 Å². The summed E-state index contributed by atoms with van der Waals surface area (Å²) in [7, 11) is 0. The average Bonchev–Trinajstić information content (AvgIpc) is 3.24. The van der Waals surface area contributed by atoms with Gasteiger partial charge in [0.25, 0.3) is 0 Å². The molecule has 2 amide bonds. The summed E-state index contributed by atoms with van der Waals surface area (Å²) in [6, 6.07) is 10.2. The highest BCUT2D eigenvalue weighted by Crippen LogP contribution is 2.31. The van der Waals surface area contributed by atoms with Crippen molar-refractivity contribution in [1.82, 2.24) is 4.98 Å². The molecule has 9 heteroatoms. The normalized spacial score (nSPS) is 16.4. The van der Waals surface area contributed by atoms with E-state index in [0.29, 0.717) is 10.2 Å². The van der Waals surface area contributed by atoms with Gasteiger partial charge in [0, 0.05) is 23.1 Å². The molecule has 1 aromatic heterocycles. The number of fused-ring (bicyclic) bond motifs is 1. The SMILES string of the molecule is Cc1nc2cc(N3CC(C(=O)Nc4ccc(Br)cc4C(=O)O)CC3=O)ccc2s1. The number of nitrogens with one attached hydrogen (secondary N) is 1. The molecule has 1 aliphatic rings. The van der Waals surface area contributed by atoms with Crippen molar-refractivity contribution in [2.24, 2.45) is 5.92 Å². The lowest BCUT2D eigenvalue weighted by Gasteiger charge is -2.17. The second-order valence-electron chi connectivity index (χ2n) is 6.77. The molecule has 2 N–H and O–H groups in total. The zero-order chi connectivity index (χ0) is 20.7. The Labute approximate surface area is 178 Å². The number of carboxylic acids is 1. The Balaban J connectivity index is 1.53. The van der Waals surface area contributed by atoms with Crippen LogP contribution in [0.3, 0.4) is 0 Å². The van der Waals surface area contributed by atoms with Gasteiger partial charge in [0.1, 0.15) is 0 Å². The van der Waals surface area contributed by atoms with Crippen molar-refractivity contribution in [2.45, 2.75) is 13.3 Å². The van der Waals surface area contributed by atoms with Crippen molar-refractivity contribution < 1.29 is 19.5 Å². The van der Waals surface area contributed by atoms with Gasteiger partial charge in [0.2, 0.25) is 11.8 Å². The maximum Gasteiger partial charge on any atom is 0.337 e. The third kappa shape index (κ3) is 3.88. The first-order valence-corrected chi connectivity index (χ1v) is 10.4. The van der Waals surface area contributed by atoms with E-state index in [9.17, 15) is 19.5 Å². The number of aryl methyl sites for hydroxylation is 1. The van der Waals surface area contributed by atoms with E-state index in [1.807, 2.05) is 25.1 Å². The second-order valence-corrected chi connectivity index (χ2v) is 8.93. The molecule has 2 heterocycles. The van der Waals surface area contributed by atoms with Crippen LogP contribution in [0.4, 0.5) is 11.4 Å². The van der Waals surface area contributed by atoms with Gasteiger partial charge < -0.3 is 15.3 Å². The predicted molar refractivity (Wildman–Crippen MR) is 115 cm³/mol. The summed E-state index contributed by atoms with van der Waals surface area (Å²) >= 11 is 4.81. The van der Waals surface area contributed by atoms with Crippen LogP contribution in [0.15, 0.2) is 40.9 Å². The van der Waals surface area contributed by atoms with Crippen LogP contribution in [0.25, 0.3) is 10.2 Å². The number of hydrogen-bond donors (Lipinski definition) is 2. The third-order valence-electron chi connectivity index (χ3n) is 4.76. The lowest BCUT2D eigenvalue weighted by Crippen LogP contribution is -2.28. The zero-order valence-corrected chi connectivity index (χ0v) is 17.7. The molecule has 29 heavy (non-hydrogen) atoms. The Bertz CT molecular complexity index is 1160. The number of carboxylic acid groups (broad SMARTS) is 1. The molecule has 1 fully saturated rings. The lowest BCUT2D eigenvalue weighted by molar-refractivity contribution is -0.122. The summed E-state index contributed by atoms with van der Waals surface area (Å²) in [4.78, 5) is 42.7. The van der Waals surface area contributed by atoms with Crippen LogP contribution in [0.1, 0.15) is 21.8 Å². The second kappa shape index (κ2) is 7.57. The number of carbonyl (C=O) groups is 3. The number of carbonyl (C=O) groups excluding carboxylic acids is 2. The van der Waals surface area contributed by atoms with Gasteiger partial charge in [-0.2, -0.15) is 0 Å². The number of amides is 2. The number of halogens is 1. The van der Waals surface area contributed by atoms with Crippen LogP contribution >= 0.6 is 27.3 Å². The van der Waals surface area contributed by atoms with E-state index >= 15 is 0 Å². The molecule has 0 spiro atoms. The monoisotopic (exact) mass is 473 g/mol. The van der Waals surface area contributed by atoms with Gasteiger partial charge in [-0.15, -0.1) is 11.3 Å². The van der Waals surface area contributed by atoms with E-state index in [1.54, 1.807) is 22.3 Å². The third-order valence-corrected chi connectivity index (χ3v) is 6.20. The molecule has 3 aromatic rings. The van der Waals surface area contributed by atoms with Crippen molar-refractivity contribution >= 4 is 66.6 Å². The van der Waals surface area contributed by atoms with Crippen LogP contribution in [-0.4, -0.2) is 34.4 Å². The van der Waals surface area contributed by atoms with E-state index in [0.717, 1.165) is 15.2 Å². The minimum absolute atomic E-state index is 0.0155. The van der Waals surface area contributed by atoms with Crippen molar-refractivity contribution in [3.05, 3.63) is 51.4 Å². The Morgan fingerprint density at radius 2 is 2.07 bits per heavy atom. The number of hydrogen-bond acceptors (Lipinski definition) is 5. The molecule has 0 radical (unpaired) electrons. The number of thiazole rings is 1. The van der Waals surface area contributed by atoms with E-state index in [2.05, 4.69) is 26.2 Å². The predicted octanol–water partition coefficient (Wildman–Crippen LogP) is 4.06. The number of aromatic nitrogens is 1. The first kappa shape index (κ1) is 19.5. The molecular formula is C20H16BrN3O4S. The summed E-state index contributed by atoms with van der Waals surface area (Å²) in [5.74, 6) is -2.24. The molecule has 1 aliphatic heterocycles. The van der Waals surface area contributed by atoms with E-state index in [-0.39, 0.29) is 36.0 Å².